The Kier molecular flexibility index (Phi) is 2.23. The molecule has 17 heavy (non-hydrogen) atoms. The van der Waals surface area contributed by atoms with Gasteiger partial charge in [-0.3, -0.25) is 0 Å². The highest BCUT2D eigenvalue weighted by Crippen LogP contribution is 2.29. The van der Waals surface area contributed by atoms with Crippen LogP contribution < -0.4 is 5.73 Å². The van der Waals surface area contributed by atoms with E-state index in [4.69, 9.17) is 5.73 Å². The molecule has 0 aliphatic heterocycles. The summed E-state index contributed by atoms with van der Waals surface area (Å²) in [6, 6.07) is 8.24. The summed E-state index contributed by atoms with van der Waals surface area (Å²) in [7, 11) is 1.99. The predicted molar refractivity (Wildman–Crippen MR) is 68.4 cm³/mol. The fourth-order valence-corrected chi connectivity index (χ4v) is 2.24. The lowest BCUT2D eigenvalue weighted by Crippen LogP contribution is -2.00. The van der Waals surface area contributed by atoms with Gasteiger partial charge in [0.2, 0.25) is 0 Å². The number of aromatic nitrogens is 3. The van der Waals surface area contributed by atoms with Crippen LogP contribution in [0.2, 0.25) is 0 Å². The van der Waals surface area contributed by atoms with E-state index in [1.807, 2.05) is 29.9 Å². The first-order chi connectivity index (χ1) is 8.31. The molecule has 4 nitrogen and oxygen atoms in total. The quantitative estimate of drug-likeness (QED) is 0.702. The van der Waals surface area contributed by atoms with E-state index in [0.29, 0.717) is 6.54 Å². The molecule has 0 saturated carbocycles. The monoisotopic (exact) mass is 226 g/mol. The number of benzene rings is 1. The molecule has 3 aromatic rings. The van der Waals surface area contributed by atoms with Gasteiger partial charge in [0, 0.05) is 36.3 Å². The van der Waals surface area contributed by atoms with Crippen molar-refractivity contribution in [1.29, 1.82) is 0 Å². The van der Waals surface area contributed by atoms with Gasteiger partial charge in [-0.25, -0.2) is 4.98 Å². The van der Waals surface area contributed by atoms with Crippen molar-refractivity contribution in [3.05, 3.63) is 42.5 Å². The predicted octanol–water partition coefficient (Wildman–Crippen LogP) is 2.03. The van der Waals surface area contributed by atoms with Crippen LogP contribution in [0.5, 0.6) is 0 Å². The molecule has 0 amide bonds. The molecule has 1 aromatic carbocycles. The number of aryl methyl sites for hydroxylation is 1. The van der Waals surface area contributed by atoms with Crippen molar-refractivity contribution in [3.63, 3.8) is 0 Å². The third kappa shape index (κ3) is 1.45. The molecule has 0 radical (unpaired) electrons. The zero-order valence-electron chi connectivity index (χ0n) is 9.64. The van der Waals surface area contributed by atoms with Gasteiger partial charge in [0.25, 0.3) is 0 Å². The third-order valence-electron chi connectivity index (χ3n) is 3.05. The Morgan fingerprint density at radius 2 is 2.18 bits per heavy atom. The standard InChI is InChI=1S/C13H14N4/c1-17-8-16-12(6-14)13(17)10-7-15-11-5-3-2-4-9(10)11/h2-5,7-8,15H,6,14H2,1H3. The molecule has 0 aliphatic rings. The van der Waals surface area contributed by atoms with E-state index in [9.17, 15) is 0 Å². The van der Waals surface area contributed by atoms with Gasteiger partial charge in [0.05, 0.1) is 17.7 Å². The molecular formula is C13H14N4. The fraction of sp³-hybridized carbons (Fsp3) is 0.154. The highest BCUT2D eigenvalue weighted by Gasteiger charge is 2.13. The number of para-hydroxylation sites is 1. The van der Waals surface area contributed by atoms with E-state index in [-0.39, 0.29) is 0 Å². The molecule has 3 N–H and O–H groups in total. The summed E-state index contributed by atoms with van der Waals surface area (Å²) in [4.78, 5) is 7.59. The summed E-state index contributed by atoms with van der Waals surface area (Å²) in [5.41, 5.74) is 10.0. The molecule has 0 unspecified atom stereocenters. The Bertz CT molecular complexity index is 663. The number of H-pyrrole nitrogens is 1. The van der Waals surface area contributed by atoms with Crippen LogP contribution in [0.3, 0.4) is 0 Å². The van der Waals surface area contributed by atoms with Gasteiger partial charge in [-0.1, -0.05) is 18.2 Å². The van der Waals surface area contributed by atoms with Gasteiger partial charge < -0.3 is 15.3 Å². The van der Waals surface area contributed by atoms with Crippen molar-refractivity contribution in [1.82, 2.24) is 14.5 Å². The van der Waals surface area contributed by atoms with E-state index in [0.717, 1.165) is 22.5 Å². The molecule has 0 saturated heterocycles. The van der Waals surface area contributed by atoms with Crippen molar-refractivity contribution in [3.8, 4) is 11.3 Å². The highest BCUT2D eigenvalue weighted by atomic mass is 15.0. The van der Waals surface area contributed by atoms with Crippen LogP contribution in [0, 0.1) is 0 Å². The molecule has 86 valence electrons. The largest absolute Gasteiger partial charge is 0.360 e. The van der Waals surface area contributed by atoms with Crippen LogP contribution >= 0.6 is 0 Å². The molecule has 0 atom stereocenters. The SMILES string of the molecule is Cn1cnc(CN)c1-c1c[nH]c2ccccc12. The number of aromatic amines is 1. The van der Waals surface area contributed by atoms with E-state index in [1.165, 1.54) is 5.39 Å². The van der Waals surface area contributed by atoms with Gasteiger partial charge >= 0.3 is 0 Å². The summed E-state index contributed by atoms with van der Waals surface area (Å²) in [6.07, 6.45) is 3.82. The second-order valence-electron chi connectivity index (χ2n) is 4.10. The van der Waals surface area contributed by atoms with Gasteiger partial charge in [-0.05, 0) is 6.07 Å². The lowest BCUT2D eigenvalue weighted by atomic mass is 10.1. The summed E-state index contributed by atoms with van der Waals surface area (Å²) >= 11 is 0. The second kappa shape index (κ2) is 3.75. The lowest BCUT2D eigenvalue weighted by molar-refractivity contribution is 0.921. The van der Waals surface area contributed by atoms with Gasteiger partial charge in [0.15, 0.2) is 0 Å². The number of imidazole rings is 1. The Balaban J connectivity index is 2.30. The highest BCUT2D eigenvalue weighted by molar-refractivity contribution is 5.95. The van der Waals surface area contributed by atoms with Crippen molar-refractivity contribution in [2.75, 3.05) is 0 Å². The number of nitrogens with one attached hydrogen (secondary N) is 1. The minimum atomic E-state index is 0.454. The normalized spacial score (nSPS) is 11.2. The Morgan fingerprint density at radius 3 is 3.00 bits per heavy atom. The number of nitrogens with two attached hydrogens (primary N) is 1. The molecule has 3 rings (SSSR count). The van der Waals surface area contributed by atoms with Crippen LogP contribution in [0.25, 0.3) is 22.2 Å². The molecule has 0 aliphatic carbocycles. The first-order valence-corrected chi connectivity index (χ1v) is 5.58. The van der Waals surface area contributed by atoms with E-state index >= 15 is 0 Å². The Morgan fingerprint density at radius 1 is 1.35 bits per heavy atom. The zero-order valence-corrected chi connectivity index (χ0v) is 9.64. The van der Waals surface area contributed by atoms with E-state index < -0.39 is 0 Å². The van der Waals surface area contributed by atoms with E-state index in [1.54, 1.807) is 6.33 Å². The minimum absolute atomic E-state index is 0.454. The smallest absolute Gasteiger partial charge is 0.0952 e. The minimum Gasteiger partial charge on any atom is -0.360 e. The zero-order chi connectivity index (χ0) is 11.8. The summed E-state index contributed by atoms with van der Waals surface area (Å²) in [5, 5.41) is 1.20. The van der Waals surface area contributed by atoms with Crippen LogP contribution in [-0.4, -0.2) is 14.5 Å². The fourth-order valence-electron chi connectivity index (χ4n) is 2.24. The molecule has 0 bridgehead atoms. The van der Waals surface area contributed by atoms with Gasteiger partial charge in [0.1, 0.15) is 0 Å². The topological polar surface area (TPSA) is 59.6 Å². The second-order valence-corrected chi connectivity index (χ2v) is 4.10. The Labute approximate surface area is 99.1 Å². The lowest BCUT2D eigenvalue weighted by Gasteiger charge is -2.03. The molecule has 4 heteroatoms. The maximum absolute atomic E-state index is 5.73. The number of hydrogen-bond donors (Lipinski definition) is 2. The number of fused-ring (bicyclic) bond motifs is 1. The average molecular weight is 226 g/mol. The van der Waals surface area contributed by atoms with Gasteiger partial charge in [-0.2, -0.15) is 0 Å². The van der Waals surface area contributed by atoms with Crippen LogP contribution in [0.15, 0.2) is 36.8 Å². The van der Waals surface area contributed by atoms with Crippen LogP contribution in [0.4, 0.5) is 0 Å². The first kappa shape index (κ1) is 10.1. The average Bonchev–Trinajstić information content (AvgIpc) is 2.92. The summed E-state index contributed by atoms with van der Waals surface area (Å²) in [5.74, 6) is 0. The first-order valence-electron chi connectivity index (χ1n) is 5.58. The maximum atomic E-state index is 5.73. The van der Waals surface area contributed by atoms with E-state index in [2.05, 4.69) is 22.1 Å². The Hall–Kier alpha value is -2.07. The molecule has 0 spiro atoms. The molecular weight excluding hydrogens is 212 g/mol. The maximum Gasteiger partial charge on any atom is 0.0952 e. The molecule has 0 fully saturated rings. The summed E-state index contributed by atoms with van der Waals surface area (Å²) in [6.45, 7) is 0.454. The van der Waals surface area contributed by atoms with Crippen molar-refractivity contribution in [2.24, 2.45) is 12.8 Å². The number of hydrogen-bond acceptors (Lipinski definition) is 2. The van der Waals surface area contributed by atoms with Crippen molar-refractivity contribution in [2.45, 2.75) is 6.54 Å². The van der Waals surface area contributed by atoms with Crippen molar-refractivity contribution < 1.29 is 0 Å². The van der Waals surface area contributed by atoms with Crippen LogP contribution in [0.1, 0.15) is 5.69 Å². The third-order valence-corrected chi connectivity index (χ3v) is 3.05. The number of nitrogens with zero attached hydrogens (tertiary/aromatic N) is 2. The van der Waals surface area contributed by atoms with Gasteiger partial charge in [-0.15, -0.1) is 0 Å². The van der Waals surface area contributed by atoms with Crippen LogP contribution in [-0.2, 0) is 13.6 Å². The molecule has 2 heterocycles. The number of rotatable bonds is 2. The summed E-state index contributed by atoms with van der Waals surface area (Å²) < 4.78 is 2.01. The molecule has 2 aromatic heterocycles. The van der Waals surface area contributed by atoms with Crippen molar-refractivity contribution >= 4 is 10.9 Å².